The first-order chi connectivity index (χ1) is 18.3. The van der Waals surface area contributed by atoms with E-state index in [4.69, 9.17) is 9.84 Å². The van der Waals surface area contributed by atoms with Crippen LogP contribution in [0.15, 0.2) is 59.6 Å². The molecule has 1 amide bonds. The van der Waals surface area contributed by atoms with Crippen LogP contribution in [0, 0.1) is 5.92 Å². The van der Waals surface area contributed by atoms with Crippen molar-refractivity contribution in [2.24, 2.45) is 10.9 Å². The highest BCUT2D eigenvalue weighted by Crippen LogP contribution is 2.41. The average molecular weight is 558 g/mol. The van der Waals surface area contributed by atoms with E-state index in [0.717, 1.165) is 43.7 Å². The maximum absolute atomic E-state index is 12.3. The highest BCUT2D eigenvalue weighted by atomic mass is 32.2. The number of ether oxygens (including phenoxy) is 1. The van der Waals surface area contributed by atoms with Crippen LogP contribution in [-0.2, 0) is 30.6 Å². The van der Waals surface area contributed by atoms with Gasteiger partial charge in [-0.1, -0.05) is 42.1 Å². The van der Waals surface area contributed by atoms with Crippen LogP contribution in [0.4, 0.5) is 11.4 Å². The van der Waals surface area contributed by atoms with Gasteiger partial charge >= 0.3 is 5.97 Å². The molecule has 3 heterocycles. The Morgan fingerprint density at radius 1 is 0.974 bits per heavy atom. The second kappa shape index (κ2) is 11.5. The summed E-state index contributed by atoms with van der Waals surface area (Å²) in [6.07, 6.45) is 3.36. The first-order valence-corrected chi connectivity index (χ1v) is 15.4. The molecule has 2 aromatic rings. The maximum Gasteiger partial charge on any atom is 0.329 e. The molecular formula is C27H31N3O6S2. The number of carboxylic acid groups (broad SMARTS) is 1. The summed E-state index contributed by atoms with van der Waals surface area (Å²) in [5.74, 6) is -1.05. The van der Waals surface area contributed by atoms with Crippen LogP contribution in [0.3, 0.4) is 0 Å². The van der Waals surface area contributed by atoms with Gasteiger partial charge in [-0.05, 0) is 55.0 Å². The zero-order valence-corrected chi connectivity index (χ0v) is 22.6. The van der Waals surface area contributed by atoms with E-state index in [-0.39, 0.29) is 22.8 Å². The van der Waals surface area contributed by atoms with Gasteiger partial charge < -0.3 is 19.6 Å². The number of amidine groups is 1. The fourth-order valence-electron chi connectivity index (χ4n) is 5.40. The number of carboxylic acids is 1. The van der Waals surface area contributed by atoms with Gasteiger partial charge in [0.2, 0.25) is 0 Å². The molecule has 0 bridgehead atoms. The zero-order valence-electron chi connectivity index (χ0n) is 20.9. The van der Waals surface area contributed by atoms with Crippen LogP contribution < -0.4 is 9.80 Å². The van der Waals surface area contributed by atoms with Crippen molar-refractivity contribution < 1.29 is 27.9 Å². The summed E-state index contributed by atoms with van der Waals surface area (Å²) >= 11 is 1.28. The van der Waals surface area contributed by atoms with Crippen LogP contribution in [-0.4, -0.2) is 79.7 Å². The number of anilines is 2. The summed E-state index contributed by atoms with van der Waals surface area (Å²) < 4.78 is 29.5. The van der Waals surface area contributed by atoms with Gasteiger partial charge in [-0.2, -0.15) is 4.99 Å². The summed E-state index contributed by atoms with van der Waals surface area (Å²) in [6.45, 7) is 0.937. The molecule has 2 atom stereocenters. The predicted molar refractivity (Wildman–Crippen MR) is 149 cm³/mol. The minimum Gasteiger partial charge on any atom is -0.480 e. The highest BCUT2D eigenvalue weighted by Gasteiger charge is 2.49. The molecule has 38 heavy (non-hydrogen) atoms. The van der Waals surface area contributed by atoms with Gasteiger partial charge in [0.05, 0.1) is 17.5 Å². The normalized spacial score (nSPS) is 24.1. The number of piperidine rings is 1. The van der Waals surface area contributed by atoms with Crippen LogP contribution in [0.2, 0.25) is 0 Å². The van der Waals surface area contributed by atoms with Crippen molar-refractivity contribution in [3.05, 3.63) is 60.2 Å². The number of rotatable bonds is 8. The molecule has 0 aromatic heterocycles. The van der Waals surface area contributed by atoms with Gasteiger partial charge in [0, 0.05) is 29.7 Å². The number of hydrogen-bond acceptors (Lipinski definition) is 7. The Labute approximate surface area is 226 Å². The van der Waals surface area contributed by atoms with E-state index < -0.39 is 34.9 Å². The number of hydrogen-bond donors (Lipinski definition) is 1. The van der Waals surface area contributed by atoms with Crippen molar-refractivity contribution in [2.45, 2.75) is 30.6 Å². The van der Waals surface area contributed by atoms with Crippen LogP contribution in [0.1, 0.15) is 18.4 Å². The molecule has 3 fully saturated rings. The van der Waals surface area contributed by atoms with Crippen molar-refractivity contribution in [2.75, 3.05) is 47.6 Å². The number of aliphatic carboxylic acids is 1. The topological polar surface area (TPSA) is 117 Å². The van der Waals surface area contributed by atoms with Gasteiger partial charge in [-0.3, -0.25) is 4.79 Å². The largest absolute Gasteiger partial charge is 0.480 e. The molecule has 0 spiro atoms. The van der Waals surface area contributed by atoms with Gasteiger partial charge in [0.1, 0.15) is 13.2 Å². The molecule has 0 aliphatic carbocycles. The van der Waals surface area contributed by atoms with Crippen molar-refractivity contribution in [1.82, 2.24) is 0 Å². The third kappa shape index (κ3) is 6.39. The number of aliphatic imine (C=N–C) groups is 1. The molecule has 3 saturated heterocycles. The van der Waals surface area contributed by atoms with Crippen molar-refractivity contribution >= 4 is 50.0 Å². The first-order valence-electron chi connectivity index (χ1n) is 12.7. The molecule has 9 nitrogen and oxygen atoms in total. The Morgan fingerprint density at radius 2 is 1.66 bits per heavy atom. The van der Waals surface area contributed by atoms with Gasteiger partial charge in [-0.25, -0.2) is 13.2 Å². The molecule has 3 aliphatic heterocycles. The minimum absolute atomic E-state index is 0.00404. The lowest BCUT2D eigenvalue weighted by Gasteiger charge is -2.34. The summed E-state index contributed by atoms with van der Waals surface area (Å²) in [5.41, 5.74) is 3.28. The summed E-state index contributed by atoms with van der Waals surface area (Å²) in [7, 11) is -3.18. The second-order valence-electron chi connectivity index (χ2n) is 9.98. The molecule has 1 N–H and O–H groups in total. The van der Waals surface area contributed by atoms with Gasteiger partial charge in [0.15, 0.2) is 15.0 Å². The van der Waals surface area contributed by atoms with Gasteiger partial charge in [-0.15, -0.1) is 0 Å². The summed E-state index contributed by atoms with van der Waals surface area (Å²) in [5, 5.41) is 8.92. The number of amides is 1. The van der Waals surface area contributed by atoms with E-state index in [1.807, 2.05) is 35.2 Å². The SMILES string of the molecule is O=C(O)COCC(=O)N=C1S[C@@H]2CS(=O)(=O)C[C@H]2N1c1ccc(N2CCC(Cc3ccccc3)CC2)cc1. The van der Waals surface area contributed by atoms with E-state index in [9.17, 15) is 18.0 Å². The molecule has 5 rings (SSSR count). The minimum atomic E-state index is -3.18. The Morgan fingerprint density at radius 3 is 2.34 bits per heavy atom. The monoisotopic (exact) mass is 557 g/mol. The number of sulfone groups is 1. The van der Waals surface area contributed by atoms with Crippen LogP contribution in [0.25, 0.3) is 0 Å². The Bertz CT molecular complexity index is 1290. The van der Waals surface area contributed by atoms with Crippen LogP contribution in [0.5, 0.6) is 0 Å². The lowest BCUT2D eigenvalue weighted by atomic mass is 9.90. The van der Waals surface area contributed by atoms with Gasteiger partial charge in [0.25, 0.3) is 5.91 Å². The molecule has 0 unspecified atom stereocenters. The smallest absolute Gasteiger partial charge is 0.329 e. The second-order valence-corrected chi connectivity index (χ2v) is 13.3. The van der Waals surface area contributed by atoms with E-state index in [2.05, 4.69) is 34.2 Å². The molecule has 11 heteroatoms. The van der Waals surface area contributed by atoms with Crippen molar-refractivity contribution in [3.63, 3.8) is 0 Å². The number of fused-ring (bicyclic) bond motifs is 1. The fourth-order valence-corrected chi connectivity index (χ4v) is 9.33. The lowest BCUT2D eigenvalue weighted by molar-refractivity contribution is -0.143. The molecule has 3 aliphatic rings. The molecular weight excluding hydrogens is 526 g/mol. The number of nitrogens with zero attached hydrogens (tertiary/aromatic N) is 3. The quantitative estimate of drug-likeness (QED) is 0.523. The van der Waals surface area contributed by atoms with E-state index in [1.165, 1.54) is 17.3 Å². The zero-order chi connectivity index (χ0) is 26.7. The van der Waals surface area contributed by atoms with E-state index in [0.29, 0.717) is 11.1 Å². The number of thioether (sulfide) groups is 1. The number of benzene rings is 2. The molecule has 0 radical (unpaired) electrons. The number of carbonyl (C=O) groups excluding carboxylic acids is 1. The van der Waals surface area contributed by atoms with Crippen LogP contribution >= 0.6 is 11.8 Å². The third-order valence-electron chi connectivity index (χ3n) is 7.21. The average Bonchev–Trinajstić information content (AvgIpc) is 3.35. The highest BCUT2D eigenvalue weighted by molar-refractivity contribution is 8.16. The Hall–Kier alpha value is -2.89. The first kappa shape index (κ1) is 26.7. The van der Waals surface area contributed by atoms with Crippen molar-refractivity contribution in [1.29, 1.82) is 0 Å². The maximum atomic E-state index is 12.3. The standard InChI is InChI=1S/C27H31N3O6S2/c31-25(15-36-16-26(32)33)28-27-30(23-17-38(34,35)18-24(23)37-27)22-8-6-21(7-9-22)29-12-10-20(11-13-29)14-19-4-2-1-3-5-19/h1-9,20,23-24H,10-18H2,(H,32,33)/t23-,24-/m1/s1. The molecule has 0 saturated carbocycles. The van der Waals surface area contributed by atoms with E-state index in [1.54, 1.807) is 0 Å². The summed E-state index contributed by atoms with van der Waals surface area (Å²) in [6, 6.07) is 18.3. The summed E-state index contributed by atoms with van der Waals surface area (Å²) in [4.78, 5) is 31.4. The number of carbonyl (C=O) groups is 2. The van der Waals surface area contributed by atoms with Crippen molar-refractivity contribution in [3.8, 4) is 0 Å². The molecule has 2 aromatic carbocycles. The third-order valence-corrected chi connectivity index (χ3v) is 10.4. The fraction of sp³-hybridized carbons (Fsp3) is 0.444. The predicted octanol–water partition coefficient (Wildman–Crippen LogP) is 2.85. The Balaban J connectivity index is 1.26. The lowest BCUT2D eigenvalue weighted by Crippen LogP contribution is -2.38. The molecule has 202 valence electrons. The van der Waals surface area contributed by atoms with E-state index >= 15 is 0 Å². The Kier molecular flexibility index (Phi) is 8.06.